The van der Waals surface area contributed by atoms with Crippen LogP contribution in [0.25, 0.3) is 0 Å². The normalized spacial score (nSPS) is 13.6. The lowest BCUT2D eigenvalue weighted by Gasteiger charge is -2.12. The standard InChI is InChI=1S/C11H18IN3/c1-6(2)9-13-10(7(3)4)15-11(14-9)8(5)12/h6-8H,1-5H3. The Hall–Kier alpha value is -0.260. The van der Waals surface area contributed by atoms with E-state index >= 15 is 0 Å². The minimum absolute atomic E-state index is 0.334. The number of aromatic nitrogens is 3. The van der Waals surface area contributed by atoms with E-state index in [0.717, 1.165) is 17.5 Å². The molecule has 0 N–H and O–H groups in total. The molecule has 3 nitrogen and oxygen atoms in total. The van der Waals surface area contributed by atoms with Crippen LogP contribution in [-0.4, -0.2) is 15.0 Å². The molecule has 0 aromatic carbocycles. The Morgan fingerprint density at radius 2 is 1.07 bits per heavy atom. The summed E-state index contributed by atoms with van der Waals surface area (Å²) in [6, 6.07) is 0. The summed E-state index contributed by atoms with van der Waals surface area (Å²) in [4.78, 5) is 13.5. The highest BCUT2D eigenvalue weighted by molar-refractivity contribution is 14.1. The third-order valence-electron chi connectivity index (χ3n) is 2.08. The summed E-state index contributed by atoms with van der Waals surface area (Å²) in [5, 5.41) is 0. The number of halogens is 1. The Balaban J connectivity index is 3.20. The molecular formula is C11H18IN3. The highest BCUT2D eigenvalue weighted by atomic mass is 127. The van der Waals surface area contributed by atoms with Gasteiger partial charge in [0.15, 0.2) is 0 Å². The van der Waals surface area contributed by atoms with Crippen molar-refractivity contribution in [2.24, 2.45) is 0 Å². The first-order valence-corrected chi connectivity index (χ1v) is 6.56. The molecule has 0 aliphatic rings. The molecule has 0 radical (unpaired) electrons. The van der Waals surface area contributed by atoms with Gasteiger partial charge in [-0.2, -0.15) is 0 Å². The van der Waals surface area contributed by atoms with Gasteiger partial charge in [0.1, 0.15) is 17.5 Å². The van der Waals surface area contributed by atoms with E-state index < -0.39 is 0 Å². The van der Waals surface area contributed by atoms with Gasteiger partial charge >= 0.3 is 0 Å². The van der Waals surface area contributed by atoms with Gasteiger partial charge in [0.05, 0.1) is 3.92 Å². The molecule has 0 aliphatic heterocycles. The van der Waals surface area contributed by atoms with E-state index in [-0.39, 0.29) is 0 Å². The van der Waals surface area contributed by atoms with Gasteiger partial charge in [-0.05, 0) is 6.92 Å². The molecule has 0 saturated heterocycles. The van der Waals surface area contributed by atoms with Crippen LogP contribution in [0.1, 0.15) is 67.9 Å². The molecule has 1 aromatic rings. The van der Waals surface area contributed by atoms with Crippen molar-refractivity contribution in [3.05, 3.63) is 17.5 Å². The van der Waals surface area contributed by atoms with Gasteiger partial charge in [-0.3, -0.25) is 0 Å². The zero-order chi connectivity index (χ0) is 11.6. The first-order chi connectivity index (χ1) is 6.91. The molecule has 1 heterocycles. The lowest BCUT2D eigenvalue weighted by molar-refractivity contribution is 0.671. The molecule has 0 fully saturated rings. The third-order valence-corrected chi connectivity index (χ3v) is 2.63. The van der Waals surface area contributed by atoms with Crippen LogP contribution in [0.4, 0.5) is 0 Å². The number of nitrogens with zero attached hydrogens (tertiary/aromatic N) is 3. The van der Waals surface area contributed by atoms with Gasteiger partial charge < -0.3 is 0 Å². The maximum absolute atomic E-state index is 4.49. The van der Waals surface area contributed by atoms with Crippen LogP contribution >= 0.6 is 22.6 Å². The number of hydrogen-bond donors (Lipinski definition) is 0. The van der Waals surface area contributed by atoms with E-state index in [2.05, 4.69) is 72.2 Å². The van der Waals surface area contributed by atoms with Crippen LogP contribution in [-0.2, 0) is 0 Å². The molecular weight excluding hydrogens is 301 g/mol. The van der Waals surface area contributed by atoms with E-state index in [1.165, 1.54) is 0 Å². The molecule has 0 amide bonds. The van der Waals surface area contributed by atoms with Crippen molar-refractivity contribution < 1.29 is 0 Å². The van der Waals surface area contributed by atoms with Gasteiger partial charge in [-0.1, -0.05) is 50.3 Å². The lowest BCUT2D eigenvalue weighted by Crippen LogP contribution is -2.10. The van der Waals surface area contributed by atoms with Crippen molar-refractivity contribution >= 4 is 22.6 Å². The van der Waals surface area contributed by atoms with E-state index in [1.54, 1.807) is 0 Å². The average molecular weight is 319 g/mol. The summed E-state index contributed by atoms with van der Waals surface area (Å²) < 4.78 is 0.334. The highest BCUT2D eigenvalue weighted by Gasteiger charge is 2.14. The van der Waals surface area contributed by atoms with Crippen LogP contribution < -0.4 is 0 Å². The van der Waals surface area contributed by atoms with E-state index in [4.69, 9.17) is 0 Å². The summed E-state index contributed by atoms with van der Waals surface area (Å²) in [5.41, 5.74) is 0. The molecule has 15 heavy (non-hydrogen) atoms. The van der Waals surface area contributed by atoms with Crippen molar-refractivity contribution in [3.63, 3.8) is 0 Å². The third kappa shape index (κ3) is 3.36. The largest absolute Gasteiger partial charge is 0.217 e. The van der Waals surface area contributed by atoms with Crippen molar-refractivity contribution in [1.82, 2.24) is 15.0 Å². The fourth-order valence-corrected chi connectivity index (χ4v) is 1.40. The maximum atomic E-state index is 4.49. The molecule has 1 unspecified atom stereocenters. The molecule has 84 valence electrons. The van der Waals surface area contributed by atoms with E-state index in [1.807, 2.05) is 0 Å². The van der Waals surface area contributed by atoms with Gasteiger partial charge in [-0.15, -0.1) is 0 Å². The van der Waals surface area contributed by atoms with Gasteiger partial charge in [-0.25, -0.2) is 15.0 Å². The van der Waals surface area contributed by atoms with Crippen LogP contribution in [0.3, 0.4) is 0 Å². The Kier molecular flexibility index (Phi) is 4.43. The molecule has 0 bridgehead atoms. The summed E-state index contributed by atoms with van der Waals surface area (Å²) in [6.45, 7) is 10.6. The second-order valence-electron chi connectivity index (χ2n) is 4.34. The van der Waals surface area contributed by atoms with Crippen LogP contribution in [0.15, 0.2) is 0 Å². The topological polar surface area (TPSA) is 38.7 Å². The van der Waals surface area contributed by atoms with Crippen LogP contribution in [0, 0.1) is 0 Å². The summed E-state index contributed by atoms with van der Waals surface area (Å²) in [7, 11) is 0. The Morgan fingerprint density at radius 1 is 0.733 bits per heavy atom. The van der Waals surface area contributed by atoms with Crippen molar-refractivity contribution in [3.8, 4) is 0 Å². The molecule has 4 heteroatoms. The minimum Gasteiger partial charge on any atom is -0.217 e. The molecule has 1 atom stereocenters. The number of alkyl halides is 1. The monoisotopic (exact) mass is 319 g/mol. The molecule has 0 spiro atoms. The lowest BCUT2D eigenvalue weighted by atomic mass is 10.1. The quantitative estimate of drug-likeness (QED) is 0.631. The Labute approximate surface area is 105 Å². The summed E-state index contributed by atoms with van der Waals surface area (Å²) in [5.74, 6) is 3.44. The summed E-state index contributed by atoms with van der Waals surface area (Å²) in [6.07, 6.45) is 0. The highest BCUT2D eigenvalue weighted by Crippen LogP contribution is 2.22. The molecule has 1 rings (SSSR count). The van der Waals surface area contributed by atoms with Crippen molar-refractivity contribution in [2.45, 2.75) is 50.4 Å². The van der Waals surface area contributed by atoms with E-state index in [9.17, 15) is 0 Å². The minimum atomic E-state index is 0.334. The fourth-order valence-electron chi connectivity index (χ4n) is 1.12. The second kappa shape index (κ2) is 5.18. The maximum Gasteiger partial charge on any atom is 0.145 e. The van der Waals surface area contributed by atoms with Gasteiger partial charge in [0.2, 0.25) is 0 Å². The van der Waals surface area contributed by atoms with Gasteiger partial charge in [0, 0.05) is 11.8 Å². The van der Waals surface area contributed by atoms with Gasteiger partial charge in [0.25, 0.3) is 0 Å². The molecule has 0 aliphatic carbocycles. The van der Waals surface area contributed by atoms with Crippen molar-refractivity contribution in [1.29, 1.82) is 0 Å². The van der Waals surface area contributed by atoms with Crippen LogP contribution in [0.2, 0.25) is 0 Å². The average Bonchev–Trinajstić information content (AvgIpc) is 2.16. The zero-order valence-corrected chi connectivity index (χ0v) is 12.1. The van der Waals surface area contributed by atoms with Crippen molar-refractivity contribution in [2.75, 3.05) is 0 Å². The Bertz CT molecular complexity index is 270. The first kappa shape index (κ1) is 12.8. The first-order valence-electron chi connectivity index (χ1n) is 5.31. The Morgan fingerprint density at radius 3 is 1.33 bits per heavy atom. The van der Waals surface area contributed by atoms with E-state index in [0.29, 0.717) is 15.8 Å². The smallest absolute Gasteiger partial charge is 0.145 e. The number of rotatable bonds is 3. The van der Waals surface area contributed by atoms with Crippen LogP contribution in [0.5, 0.6) is 0 Å². The number of hydrogen-bond acceptors (Lipinski definition) is 3. The zero-order valence-electron chi connectivity index (χ0n) is 9.95. The fraction of sp³-hybridized carbons (Fsp3) is 0.727. The second-order valence-corrected chi connectivity index (χ2v) is 6.20. The SMILES string of the molecule is CC(C)c1nc(C(C)C)nc(C(C)I)n1. The molecule has 1 aromatic heterocycles. The predicted molar refractivity (Wildman–Crippen MR) is 70.4 cm³/mol. The predicted octanol–water partition coefficient (Wildman–Crippen LogP) is 3.61. The molecule has 0 saturated carbocycles. The summed E-state index contributed by atoms with van der Waals surface area (Å²) >= 11 is 2.34.